The number of amides is 1. The molecular formula is C16H11N2O4S-. The molecule has 2 fully saturated rings. The minimum absolute atomic E-state index is 0.245. The predicted octanol–water partition coefficient (Wildman–Crippen LogP) is 0.333. The normalized spacial score (nSPS) is 34.5. The second kappa shape index (κ2) is 4.18. The van der Waals surface area contributed by atoms with Crippen LogP contribution in [0.5, 0.6) is 0 Å². The Balaban J connectivity index is 1.58. The van der Waals surface area contributed by atoms with Crippen molar-refractivity contribution in [2.24, 2.45) is 11.8 Å². The number of carbonyl (C=O) groups excluding carboxylic acids is 2. The first-order valence-corrected chi connectivity index (χ1v) is 8.16. The summed E-state index contributed by atoms with van der Waals surface area (Å²) in [5.74, 6) is -3.13. The number of carboxylic acid groups (broad SMARTS) is 1. The number of carboxylic acids is 1. The van der Waals surface area contributed by atoms with Gasteiger partial charge in [-0.15, -0.1) is 0 Å². The van der Waals surface area contributed by atoms with Crippen molar-refractivity contribution in [1.29, 1.82) is 0 Å². The van der Waals surface area contributed by atoms with E-state index in [4.69, 9.17) is 4.74 Å². The van der Waals surface area contributed by atoms with Crippen LogP contribution < -0.4 is 10.0 Å². The highest BCUT2D eigenvalue weighted by atomic mass is 32.1. The lowest BCUT2D eigenvalue weighted by molar-refractivity contribution is -0.313. The van der Waals surface area contributed by atoms with Crippen LogP contribution in [-0.4, -0.2) is 35.1 Å². The molecule has 0 saturated carbocycles. The van der Waals surface area contributed by atoms with Crippen LogP contribution in [0.15, 0.2) is 36.4 Å². The van der Waals surface area contributed by atoms with Crippen LogP contribution in [0.25, 0.3) is 10.2 Å². The van der Waals surface area contributed by atoms with Crippen molar-refractivity contribution in [1.82, 2.24) is 4.98 Å². The average molecular weight is 327 g/mol. The van der Waals surface area contributed by atoms with Gasteiger partial charge in [-0.2, -0.15) is 0 Å². The molecule has 2 aromatic rings. The summed E-state index contributed by atoms with van der Waals surface area (Å²) in [6.45, 7) is 0.299. The summed E-state index contributed by atoms with van der Waals surface area (Å²) in [5.41, 5.74) is -0.0308. The number of para-hydroxylation sites is 1. The lowest BCUT2D eigenvalue weighted by Gasteiger charge is -2.24. The van der Waals surface area contributed by atoms with Gasteiger partial charge in [0.15, 0.2) is 5.13 Å². The molecule has 116 valence electrons. The van der Waals surface area contributed by atoms with Gasteiger partial charge in [-0.1, -0.05) is 35.6 Å². The summed E-state index contributed by atoms with van der Waals surface area (Å²) in [6.07, 6.45) is 2.99. The first-order valence-electron chi connectivity index (χ1n) is 7.34. The fourth-order valence-electron chi connectivity index (χ4n) is 3.90. The molecule has 4 heterocycles. The van der Waals surface area contributed by atoms with Crippen LogP contribution in [0.4, 0.5) is 5.13 Å². The third-order valence-electron chi connectivity index (χ3n) is 4.89. The van der Waals surface area contributed by atoms with Gasteiger partial charge >= 0.3 is 0 Å². The summed E-state index contributed by atoms with van der Waals surface area (Å²) in [5, 5.41) is 12.0. The number of thiazole rings is 1. The van der Waals surface area contributed by atoms with Gasteiger partial charge < -0.3 is 14.6 Å². The number of aromatic nitrogens is 1. The van der Waals surface area contributed by atoms with Gasteiger partial charge in [-0.05, 0) is 12.1 Å². The lowest BCUT2D eigenvalue weighted by Crippen LogP contribution is -2.45. The van der Waals surface area contributed by atoms with Crippen molar-refractivity contribution in [3.63, 3.8) is 0 Å². The number of nitrogens with zero attached hydrogens (tertiary/aromatic N) is 2. The Labute approximate surface area is 135 Å². The molecule has 1 aromatic heterocycles. The molecule has 4 atom stereocenters. The average Bonchev–Trinajstić information content (AvgIpc) is 3.25. The molecule has 2 saturated heterocycles. The van der Waals surface area contributed by atoms with Gasteiger partial charge in [0.05, 0.1) is 28.8 Å². The zero-order valence-electron chi connectivity index (χ0n) is 11.8. The molecule has 7 heteroatoms. The molecule has 1 amide bonds. The fourth-order valence-corrected chi connectivity index (χ4v) is 4.87. The number of aliphatic carboxylic acids is 1. The summed E-state index contributed by atoms with van der Waals surface area (Å²) in [4.78, 5) is 30.4. The van der Waals surface area contributed by atoms with Crippen molar-refractivity contribution in [2.75, 3.05) is 11.4 Å². The van der Waals surface area contributed by atoms with Crippen molar-refractivity contribution in [3.8, 4) is 0 Å². The van der Waals surface area contributed by atoms with Crippen LogP contribution in [0.2, 0.25) is 0 Å². The monoisotopic (exact) mass is 327 g/mol. The van der Waals surface area contributed by atoms with Crippen LogP contribution in [-0.2, 0) is 14.3 Å². The topological polar surface area (TPSA) is 82.6 Å². The first kappa shape index (κ1) is 13.2. The number of hydrogen-bond donors (Lipinski definition) is 0. The highest BCUT2D eigenvalue weighted by molar-refractivity contribution is 7.22. The van der Waals surface area contributed by atoms with E-state index in [0.717, 1.165) is 10.2 Å². The molecule has 2 bridgehead atoms. The minimum atomic E-state index is -1.23. The van der Waals surface area contributed by atoms with Crippen molar-refractivity contribution in [3.05, 3.63) is 36.4 Å². The number of fused-ring (bicyclic) bond motifs is 2. The molecule has 0 N–H and O–H groups in total. The van der Waals surface area contributed by atoms with Gasteiger partial charge in [-0.3, -0.25) is 9.69 Å². The van der Waals surface area contributed by atoms with E-state index in [1.54, 1.807) is 11.0 Å². The first-order chi connectivity index (χ1) is 11.1. The number of benzene rings is 1. The Morgan fingerprint density at radius 2 is 2.26 bits per heavy atom. The molecule has 3 aliphatic heterocycles. The lowest BCUT2D eigenvalue weighted by atomic mass is 9.77. The number of carbonyl (C=O) groups is 2. The van der Waals surface area contributed by atoms with Crippen molar-refractivity contribution < 1.29 is 19.4 Å². The van der Waals surface area contributed by atoms with Crippen LogP contribution >= 0.6 is 11.3 Å². The third-order valence-corrected chi connectivity index (χ3v) is 5.95. The zero-order chi connectivity index (χ0) is 15.8. The Morgan fingerprint density at radius 3 is 3.04 bits per heavy atom. The molecule has 0 unspecified atom stereocenters. The van der Waals surface area contributed by atoms with E-state index in [2.05, 4.69) is 4.98 Å². The molecule has 6 nitrogen and oxygen atoms in total. The highest BCUT2D eigenvalue weighted by Gasteiger charge is 2.65. The minimum Gasteiger partial charge on any atom is -0.550 e. The predicted molar refractivity (Wildman–Crippen MR) is 80.7 cm³/mol. The summed E-state index contributed by atoms with van der Waals surface area (Å²) in [6, 6.07) is 7.65. The molecule has 23 heavy (non-hydrogen) atoms. The molecule has 1 aromatic carbocycles. The smallest absolute Gasteiger partial charge is 0.236 e. The van der Waals surface area contributed by atoms with Gasteiger partial charge in [0.2, 0.25) is 5.91 Å². The summed E-state index contributed by atoms with van der Waals surface area (Å²) >= 11 is 1.42. The van der Waals surface area contributed by atoms with Gasteiger partial charge in [0.1, 0.15) is 5.60 Å². The highest BCUT2D eigenvalue weighted by Crippen LogP contribution is 2.52. The Morgan fingerprint density at radius 1 is 1.43 bits per heavy atom. The second-order valence-electron chi connectivity index (χ2n) is 6.11. The maximum Gasteiger partial charge on any atom is 0.236 e. The number of hydrogen-bond acceptors (Lipinski definition) is 6. The molecule has 0 aliphatic carbocycles. The largest absolute Gasteiger partial charge is 0.550 e. The maximum atomic E-state index is 12.9. The van der Waals surface area contributed by atoms with Crippen molar-refractivity contribution in [2.45, 2.75) is 11.7 Å². The van der Waals surface area contributed by atoms with E-state index >= 15 is 0 Å². The standard InChI is InChI=1S/C16H12N2O4S/c19-13-12-11(14(20)21)9-5-6-16(12,22-9)7-18(13)15-17-8-3-1-2-4-10(8)23-15/h1-6,9,11-12H,7H2,(H,20,21)/p-1/t9-,11-,12+,16-/m0/s1. The Bertz CT molecular complexity index is 858. The fraction of sp³-hybridized carbons (Fsp3) is 0.312. The van der Waals surface area contributed by atoms with E-state index in [9.17, 15) is 14.7 Å². The Hall–Kier alpha value is -2.25. The molecule has 5 rings (SSSR count). The van der Waals surface area contributed by atoms with E-state index < -0.39 is 29.5 Å². The number of anilines is 1. The zero-order valence-corrected chi connectivity index (χ0v) is 12.7. The molecule has 0 radical (unpaired) electrons. The van der Waals surface area contributed by atoms with E-state index in [0.29, 0.717) is 11.7 Å². The van der Waals surface area contributed by atoms with E-state index in [1.807, 2.05) is 30.3 Å². The van der Waals surface area contributed by atoms with Crippen LogP contribution in [0.1, 0.15) is 0 Å². The van der Waals surface area contributed by atoms with Gasteiger partial charge in [0, 0.05) is 11.9 Å². The van der Waals surface area contributed by atoms with Crippen LogP contribution in [0, 0.1) is 11.8 Å². The van der Waals surface area contributed by atoms with Crippen LogP contribution in [0.3, 0.4) is 0 Å². The molecule has 3 aliphatic rings. The number of rotatable bonds is 2. The second-order valence-corrected chi connectivity index (χ2v) is 7.12. The maximum absolute atomic E-state index is 12.9. The SMILES string of the molecule is O=C([O-])[C@H]1[C@@H]2C=C[C@@]3(CN(c4nc5ccccc5s4)C(=O)[C@@H]13)O2. The molecule has 1 spiro atoms. The van der Waals surface area contributed by atoms with E-state index in [1.165, 1.54) is 11.3 Å². The quantitative estimate of drug-likeness (QED) is 0.743. The van der Waals surface area contributed by atoms with Gasteiger partial charge in [0.25, 0.3) is 0 Å². The number of ether oxygens (including phenoxy) is 1. The molecular weight excluding hydrogens is 316 g/mol. The van der Waals surface area contributed by atoms with Crippen molar-refractivity contribution >= 4 is 38.6 Å². The van der Waals surface area contributed by atoms with Gasteiger partial charge in [-0.25, -0.2) is 4.98 Å². The third kappa shape index (κ3) is 1.58. The summed E-state index contributed by atoms with van der Waals surface area (Å²) in [7, 11) is 0. The Kier molecular flexibility index (Phi) is 2.40. The summed E-state index contributed by atoms with van der Waals surface area (Å²) < 4.78 is 6.82. The van der Waals surface area contributed by atoms with E-state index in [-0.39, 0.29) is 5.91 Å².